The summed E-state index contributed by atoms with van der Waals surface area (Å²) in [6, 6.07) is 13.7. The molecule has 0 bridgehead atoms. The second-order valence-corrected chi connectivity index (χ2v) is 12.9. The van der Waals surface area contributed by atoms with E-state index in [1.807, 2.05) is 44.2 Å². The number of carboxylic acid groups (broad SMARTS) is 2. The summed E-state index contributed by atoms with van der Waals surface area (Å²) < 4.78 is 11.0. The van der Waals surface area contributed by atoms with Crippen molar-refractivity contribution in [2.24, 2.45) is 5.92 Å². The average molecular weight is 743 g/mol. The number of hydrogen-bond donors (Lipinski definition) is 6. The van der Waals surface area contributed by atoms with E-state index in [0.717, 1.165) is 27.8 Å². The molecular weight excluding hydrogens is 696 g/mol. The van der Waals surface area contributed by atoms with Gasteiger partial charge in [-0.25, -0.2) is 0 Å². The van der Waals surface area contributed by atoms with Gasteiger partial charge in [0.25, 0.3) is 5.91 Å². The van der Waals surface area contributed by atoms with E-state index in [1.165, 1.54) is 32.7 Å². The van der Waals surface area contributed by atoms with Gasteiger partial charge in [-0.05, 0) is 66.5 Å². The number of aryl methyl sites for hydroxylation is 1. The van der Waals surface area contributed by atoms with E-state index in [0.29, 0.717) is 41.2 Å². The Kier molecular flexibility index (Phi) is 14.7. The van der Waals surface area contributed by atoms with E-state index in [2.05, 4.69) is 20.6 Å². The molecule has 14 nitrogen and oxygen atoms in total. The van der Waals surface area contributed by atoms with Gasteiger partial charge in [-0.3, -0.25) is 29.1 Å². The van der Waals surface area contributed by atoms with Crippen LogP contribution in [0.2, 0.25) is 0 Å². The Hall–Kier alpha value is -5.70. The van der Waals surface area contributed by atoms with Crippen LogP contribution in [0, 0.1) is 19.8 Å². The third-order valence-corrected chi connectivity index (χ3v) is 9.28. The first kappa shape index (κ1) is 41.1. The predicted octanol–water partition coefficient (Wildman–Crippen LogP) is 4.40. The molecule has 2 aromatic heterocycles. The number of aliphatic hydroxyl groups excluding tert-OH is 2. The van der Waals surface area contributed by atoms with Crippen LogP contribution in [0.4, 0.5) is 5.69 Å². The number of aromatic nitrogens is 2. The third-order valence-electron chi connectivity index (χ3n) is 9.28. The van der Waals surface area contributed by atoms with Gasteiger partial charge in [-0.15, -0.1) is 0 Å². The molecule has 2 atom stereocenters. The van der Waals surface area contributed by atoms with Crippen LogP contribution in [-0.4, -0.2) is 87.5 Å². The van der Waals surface area contributed by atoms with Crippen molar-refractivity contribution in [2.45, 2.75) is 58.5 Å². The normalized spacial score (nSPS) is 12.1. The fraction of sp³-hybridized carbons (Fsp3) is 0.350. The summed E-state index contributed by atoms with van der Waals surface area (Å²) in [5.74, 6) is -2.28. The molecular formula is C40H46N4O10. The number of amides is 1. The lowest BCUT2D eigenvalue weighted by Crippen LogP contribution is -2.34. The fourth-order valence-corrected chi connectivity index (χ4v) is 6.12. The molecule has 4 rings (SSSR count). The van der Waals surface area contributed by atoms with Crippen molar-refractivity contribution in [1.29, 1.82) is 0 Å². The van der Waals surface area contributed by atoms with Crippen molar-refractivity contribution >= 4 is 29.3 Å². The minimum atomic E-state index is -1.04. The van der Waals surface area contributed by atoms with Gasteiger partial charge in [0, 0.05) is 67.0 Å². The summed E-state index contributed by atoms with van der Waals surface area (Å²) in [6.45, 7) is 3.40. The number of carbonyl (C=O) groups excluding carboxylic acids is 2. The molecule has 14 heteroatoms. The predicted molar refractivity (Wildman–Crippen MR) is 200 cm³/mol. The lowest BCUT2D eigenvalue weighted by molar-refractivity contribution is -0.139. The molecule has 0 aliphatic carbocycles. The minimum Gasteiger partial charge on any atom is -0.496 e. The first-order valence-electron chi connectivity index (χ1n) is 17.4. The molecule has 0 saturated heterocycles. The maximum Gasteiger partial charge on any atom is 0.305 e. The Balaban J connectivity index is 1.49. The number of hydrogen-bond acceptors (Lipinski definition) is 11. The molecule has 54 heavy (non-hydrogen) atoms. The average Bonchev–Trinajstić information content (AvgIpc) is 3.16. The van der Waals surface area contributed by atoms with Gasteiger partial charge >= 0.3 is 11.9 Å². The number of ether oxygens (including phenoxy) is 2. The highest BCUT2D eigenvalue weighted by molar-refractivity contribution is 6.04. The number of Topliss-reactive ketones (excluding diaryl/α,β-unsaturated/α-hetero) is 1. The molecule has 0 spiro atoms. The summed E-state index contributed by atoms with van der Waals surface area (Å²) in [5, 5.41) is 43.0. The molecule has 2 heterocycles. The molecule has 0 saturated carbocycles. The molecule has 4 aromatic rings. The number of nitrogens with one attached hydrogen (secondary N) is 2. The maximum absolute atomic E-state index is 13.5. The topological polar surface area (TPSA) is 217 Å². The largest absolute Gasteiger partial charge is 0.496 e. The Labute approximate surface area is 313 Å². The van der Waals surface area contributed by atoms with Crippen LogP contribution in [0.3, 0.4) is 0 Å². The molecule has 2 aromatic carbocycles. The summed E-state index contributed by atoms with van der Waals surface area (Å²) in [4.78, 5) is 57.6. The van der Waals surface area contributed by atoms with E-state index >= 15 is 0 Å². The summed E-state index contributed by atoms with van der Waals surface area (Å²) in [5.41, 5.74) is 6.42. The molecule has 0 aliphatic heterocycles. The number of benzene rings is 2. The molecule has 0 aliphatic rings. The number of carbonyl (C=O) groups is 4. The number of methoxy groups -OCH3 is 2. The number of ketones is 1. The first-order valence-corrected chi connectivity index (χ1v) is 17.4. The summed E-state index contributed by atoms with van der Waals surface area (Å²) >= 11 is 0. The van der Waals surface area contributed by atoms with Gasteiger partial charge in [-0.1, -0.05) is 30.3 Å². The molecule has 286 valence electrons. The highest BCUT2D eigenvalue weighted by Crippen LogP contribution is 2.33. The van der Waals surface area contributed by atoms with Gasteiger partial charge in [0.2, 0.25) is 0 Å². The van der Waals surface area contributed by atoms with E-state index in [-0.39, 0.29) is 56.2 Å². The van der Waals surface area contributed by atoms with Crippen LogP contribution in [0.1, 0.15) is 68.1 Å². The molecule has 0 fully saturated rings. The smallest absolute Gasteiger partial charge is 0.305 e. The lowest BCUT2D eigenvalue weighted by atomic mass is 9.91. The Morgan fingerprint density at radius 2 is 1.37 bits per heavy atom. The molecule has 0 unspecified atom stereocenters. The van der Waals surface area contributed by atoms with Crippen LogP contribution in [-0.2, 0) is 29.0 Å². The van der Waals surface area contributed by atoms with Crippen LogP contribution in [0.15, 0.2) is 60.9 Å². The van der Waals surface area contributed by atoms with Crippen LogP contribution in [0.5, 0.6) is 11.5 Å². The number of anilines is 1. The zero-order chi connectivity index (χ0) is 39.4. The van der Waals surface area contributed by atoms with E-state index in [9.17, 15) is 29.4 Å². The Morgan fingerprint density at radius 1 is 0.759 bits per heavy atom. The molecule has 1 amide bonds. The van der Waals surface area contributed by atoms with Crippen LogP contribution in [0.25, 0.3) is 11.1 Å². The molecule has 6 N–H and O–H groups in total. The van der Waals surface area contributed by atoms with Gasteiger partial charge in [0.1, 0.15) is 22.9 Å². The van der Waals surface area contributed by atoms with E-state index in [4.69, 9.17) is 19.7 Å². The quantitative estimate of drug-likeness (QED) is 0.0693. The van der Waals surface area contributed by atoms with E-state index in [1.54, 1.807) is 12.1 Å². The van der Waals surface area contributed by atoms with Gasteiger partial charge in [-0.2, -0.15) is 0 Å². The minimum absolute atomic E-state index is 0.0673. The van der Waals surface area contributed by atoms with Crippen LogP contribution >= 0.6 is 0 Å². The van der Waals surface area contributed by atoms with Crippen molar-refractivity contribution in [1.82, 2.24) is 15.3 Å². The monoisotopic (exact) mass is 742 g/mol. The SMILES string of the molecule is COc1cc(C(=O)Nc2cccc(-c3cccc(CC(=O)c4cc(OC)c(CN[C@H](CO)CC(=O)O)cn4)c3C)c2C)ncc1CC[C@H](CO)CC(=O)O. The standard InChI is InChI=1S/C40H46N4O10/c1-23-26(14-35(47)33-16-37(54-4)28(20-42-33)19-41-29(22-46)15-39(50)51)7-5-8-30(23)31-9-6-10-32(24(31)2)44-40(52)34-17-36(53-3)27(18-43-34)12-11-25(21-45)13-38(48)49/h5-10,16-18,20,25,29,41,45-46H,11-15,19,21-22H2,1-4H3,(H,44,52)(H,48,49)(H,50,51)/t25-,29-/m0/s1. The number of rotatable bonds is 20. The Bertz CT molecular complexity index is 1840. The van der Waals surface area contributed by atoms with Gasteiger partial charge < -0.3 is 40.5 Å². The number of pyridine rings is 2. The van der Waals surface area contributed by atoms with E-state index < -0.39 is 29.8 Å². The van der Waals surface area contributed by atoms with Crippen LogP contribution < -0.4 is 20.1 Å². The van der Waals surface area contributed by atoms with Gasteiger partial charge in [0.15, 0.2) is 5.78 Å². The zero-order valence-corrected chi connectivity index (χ0v) is 30.7. The van der Waals surface area contributed by atoms with Crippen molar-refractivity contribution in [3.05, 3.63) is 100 Å². The number of aliphatic hydroxyl groups is 2. The summed E-state index contributed by atoms with van der Waals surface area (Å²) in [6.07, 6.45) is 3.52. The number of nitrogens with zero attached hydrogens (tertiary/aromatic N) is 2. The number of carboxylic acids is 2. The number of aliphatic carboxylic acids is 2. The second kappa shape index (κ2) is 19.4. The zero-order valence-electron chi connectivity index (χ0n) is 30.7. The Morgan fingerprint density at radius 3 is 2.02 bits per heavy atom. The third kappa shape index (κ3) is 10.7. The highest BCUT2D eigenvalue weighted by atomic mass is 16.5. The van der Waals surface area contributed by atoms with Gasteiger partial charge in [0.05, 0.1) is 33.7 Å². The first-order chi connectivity index (χ1) is 25.9. The molecule has 0 radical (unpaired) electrons. The van der Waals surface area contributed by atoms with Crippen molar-refractivity contribution in [2.75, 3.05) is 32.8 Å². The maximum atomic E-state index is 13.5. The highest BCUT2D eigenvalue weighted by Gasteiger charge is 2.20. The second-order valence-electron chi connectivity index (χ2n) is 12.9. The van der Waals surface area contributed by atoms with Crippen molar-refractivity contribution in [3.63, 3.8) is 0 Å². The summed E-state index contributed by atoms with van der Waals surface area (Å²) in [7, 11) is 2.94. The fourth-order valence-electron chi connectivity index (χ4n) is 6.12. The van der Waals surface area contributed by atoms with Crippen molar-refractivity contribution < 1.29 is 49.1 Å². The van der Waals surface area contributed by atoms with Crippen molar-refractivity contribution in [3.8, 4) is 22.6 Å². The lowest BCUT2D eigenvalue weighted by Gasteiger charge is -2.17.